The first-order chi connectivity index (χ1) is 6.07. The number of carbonyl (C=O) groups excluding carboxylic acids is 1. The van der Waals surface area contributed by atoms with Gasteiger partial charge in [0.15, 0.2) is 0 Å². The summed E-state index contributed by atoms with van der Waals surface area (Å²) in [5, 5.41) is 0. The SMILES string of the molecule is COC(=O)c1c(C)[nH]cc(Br)c1=O. The Balaban J connectivity index is 3.43. The van der Waals surface area contributed by atoms with Gasteiger partial charge in [-0.1, -0.05) is 0 Å². The van der Waals surface area contributed by atoms with Crippen molar-refractivity contribution in [2.24, 2.45) is 0 Å². The zero-order valence-electron chi connectivity index (χ0n) is 7.18. The highest BCUT2D eigenvalue weighted by Gasteiger charge is 2.15. The summed E-state index contributed by atoms with van der Waals surface area (Å²) in [6.45, 7) is 1.64. The van der Waals surface area contributed by atoms with Crippen LogP contribution in [0.4, 0.5) is 0 Å². The number of hydrogen-bond acceptors (Lipinski definition) is 3. The number of aromatic nitrogens is 1. The van der Waals surface area contributed by atoms with E-state index in [0.29, 0.717) is 10.2 Å². The lowest BCUT2D eigenvalue weighted by molar-refractivity contribution is 0.0598. The maximum Gasteiger partial charge on any atom is 0.343 e. The third kappa shape index (κ3) is 1.80. The molecule has 1 N–H and O–H groups in total. The molecule has 5 heteroatoms. The van der Waals surface area contributed by atoms with E-state index < -0.39 is 5.97 Å². The summed E-state index contributed by atoms with van der Waals surface area (Å²) in [6.07, 6.45) is 1.49. The molecule has 13 heavy (non-hydrogen) atoms. The highest BCUT2D eigenvalue weighted by molar-refractivity contribution is 9.10. The third-order valence-electron chi connectivity index (χ3n) is 1.62. The average Bonchev–Trinajstić information content (AvgIpc) is 2.12. The number of aromatic amines is 1. The number of carbonyl (C=O) groups is 1. The van der Waals surface area contributed by atoms with Crippen molar-refractivity contribution in [2.75, 3.05) is 7.11 Å². The maximum absolute atomic E-state index is 11.4. The first-order valence-electron chi connectivity index (χ1n) is 3.54. The van der Waals surface area contributed by atoms with Gasteiger partial charge in [-0.15, -0.1) is 0 Å². The molecule has 0 saturated carbocycles. The fraction of sp³-hybridized carbons (Fsp3) is 0.250. The summed E-state index contributed by atoms with van der Waals surface area (Å²) in [5.41, 5.74) is 0.181. The Morgan fingerprint density at radius 3 is 2.77 bits per heavy atom. The van der Waals surface area contributed by atoms with Crippen LogP contribution in [0.1, 0.15) is 16.1 Å². The standard InChI is InChI=1S/C8H8BrNO3/c1-4-6(8(12)13-2)7(11)5(9)3-10-4/h3H,1-2H3,(H,10,11). The summed E-state index contributed by atoms with van der Waals surface area (Å²) in [7, 11) is 1.24. The first kappa shape index (κ1) is 9.98. The van der Waals surface area contributed by atoms with Crippen LogP contribution in [0.25, 0.3) is 0 Å². The molecule has 0 bridgehead atoms. The quantitative estimate of drug-likeness (QED) is 0.758. The lowest BCUT2D eigenvalue weighted by Gasteiger charge is -2.02. The van der Waals surface area contributed by atoms with Crippen molar-refractivity contribution in [2.45, 2.75) is 6.92 Å². The van der Waals surface area contributed by atoms with Crippen molar-refractivity contribution in [3.63, 3.8) is 0 Å². The van der Waals surface area contributed by atoms with Gasteiger partial charge in [0.2, 0.25) is 5.43 Å². The predicted molar refractivity (Wildman–Crippen MR) is 50.8 cm³/mol. The summed E-state index contributed by atoms with van der Waals surface area (Å²) >= 11 is 3.03. The summed E-state index contributed by atoms with van der Waals surface area (Å²) in [5.74, 6) is -0.625. The molecule has 0 aliphatic rings. The van der Waals surface area contributed by atoms with Crippen molar-refractivity contribution in [3.05, 3.63) is 32.2 Å². The fourth-order valence-corrected chi connectivity index (χ4v) is 1.26. The minimum atomic E-state index is -0.625. The van der Waals surface area contributed by atoms with Crippen LogP contribution in [0.5, 0.6) is 0 Å². The third-order valence-corrected chi connectivity index (χ3v) is 2.21. The Bertz CT molecular complexity index is 397. The van der Waals surface area contributed by atoms with Gasteiger partial charge in [0.1, 0.15) is 5.56 Å². The molecule has 4 nitrogen and oxygen atoms in total. The fourth-order valence-electron chi connectivity index (χ4n) is 0.947. The number of ether oxygens (including phenoxy) is 1. The number of pyridine rings is 1. The molecule has 0 atom stereocenters. The second kappa shape index (κ2) is 3.74. The Morgan fingerprint density at radius 1 is 1.62 bits per heavy atom. The zero-order chi connectivity index (χ0) is 10.0. The molecular formula is C8H8BrNO3. The van der Waals surface area contributed by atoms with Gasteiger partial charge >= 0.3 is 5.97 Å². The molecule has 0 fully saturated rings. The van der Waals surface area contributed by atoms with E-state index in [4.69, 9.17) is 0 Å². The first-order valence-corrected chi connectivity index (χ1v) is 4.33. The maximum atomic E-state index is 11.4. The van der Waals surface area contributed by atoms with E-state index in [0.717, 1.165) is 0 Å². The Morgan fingerprint density at radius 2 is 2.23 bits per heavy atom. The van der Waals surface area contributed by atoms with Crippen molar-refractivity contribution in [1.82, 2.24) is 4.98 Å². The number of hydrogen-bond donors (Lipinski definition) is 1. The number of halogens is 1. The monoisotopic (exact) mass is 245 g/mol. The molecular weight excluding hydrogens is 238 g/mol. The smallest absolute Gasteiger partial charge is 0.343 e. The molecule has 0 aliphatic carbocycles. The molecule has 1 aromatic rings. The van der Waals surface area contributed by atoms with Crippen LogP contribution in [0.3, 0.4) is 0 Å². The van der Waals surface area contributed by atoms with Crippen molar-refractivity contribution >= 4 is 21.9 Å². The van der Waals surface area contributed by atoms with Crippen LogP contribution >= 0.6 is 15.9 Å². The topological polar surface area (TPSA) is 59.2 Å². The minimum Gasteiger partial charge on any atom is -0.465 e. The van der Waals surface area contributed by atoms with Crippen LogP contribution in [-0.2, 0) is 4.74 Å². The van der Waals surface area contributed by atoms with Gasteiger partial charge in [0.05, 0.1) is 11.6 Å². The Labute approximate surface area is 83.1 Å². The van der Waals surface area contributed by atoms with E-state index in [-0.39, 0.29) is 11.0 Å². The molecule has 0 aliphatic heterocycles. The second-order valence-electron chi connectivity index (χ2n) is 2.46. The van der Waals surface area contributed by atoms with E-state index in [1.165, 1.54) is 13.3 Å². The minimum absolute atomic E-state index is 0.0388. The van der Waals surface area contributed by atoms with Crippen molar-refractivity contribution in [1.29, 1.82) is 0 Å². The van der Waals surface area contributed by atoms with Gasteiger partial charge in [-0.05, 0) is 22.9 Å². The van der Waals surface area contributed by atoms with E-state index in [1.807, 2.05) is 0 Å². The Kier molecular flexibility index (Phi) is 2.87. The molecule has 0 amide bonds. The highest BCUT2D eigenvalue weighted by Crippen LogP contribution is 2.06. The molecule has 0 unspecified atom stereocenters. The van der Waals surface area contributed by atoms with E-state index in [2.05, 4.69) is 25.7 Å². The van der Waals surface area contributed by atoms with Gasteiger partial charge in [-0.25, -0.2) is 4.79 Å². The molecule has 1 heterocycles. The van der Waals surface area contributed by atoms with Crippen LogP contribution in [-0.4, -0.2) is 18.1 Å². The van der Waals surface area contributed by atoms with E-state index in [1.54, 1.807) is 6.92 Å². The molecule has 1 rings (SSSR count). The van der Waals surface area contributed by atoms with Crippen LogP contribution in [0, 0.1) is 6.92 Å². The van der Waals surface area contributed by atoms with Gasteiger partial charge in [0, 0.05) is 11.9 Å². The van der Waals surface area contributed by atoms with Crippen molar-refractivity contribution in [3.8, 4) is 0 Å². The van der Waals surface area contributed by atoms with E-state index in [9.17, 15) is 9.59 Å². The number of methoxy groups -OCH3 is 1. The van der Waals surface area contributed by atoms with Gasteiger partial charge in [0.25, 0.3) is 0 Å². The summed E-state index contributed by atoms with van der Waals surface area (Å²) in [6, 6.07) is 0. The molecule has 0 aromatic carbocycles. The van der Waals surface area contributed by atoms with E-state index >= 15 is 0 Å². The second-order valence-corrected chi connectivity index (χ2v) is 3.31. The summed E-state index contributed by atoms with van der Waals surface area (Å²) < 4.78 is 4.79. The molecule has 0 radical (unpaired) electrons. The van der Waals surface area contributed by atoms with Crippen molar-refractivity contribution < 1.29 is 9.53 Å². The van der Waals surface area contributed by atoms with Crippen LogP contribution in [0.2, 0.25) is 0 Å². The van der Waals surface area contributed by atoms with Gasteiger partial charge in [-0.2, -0.15) is 0 Å². The average molecular weight is 246 g/mol. The number of H-pyrrole nitrogens is 1. The van der Waals surface area contributed by atoms with Crippen LogP contribution in [0.15, 0.2) is 15.5 Å². The molecule has 70 valence electrons. The Hall–Kier alpha value is -1.10. The number of esters is 1. The highest BCUT2D eigenvalue weighted by atomic mass is 79.9. The largest absolute Gasteiger partial charge is 0.465 e. The predicted octanol–water partition coefficient (Wildman–Crippen LogP) is 1.23. The summed E-state index contributed by atoms with van der Waals surface area (Å²) in [4.78, 5) is 25.3. The number of aryl methyl sites for hydroxylation is 1. The van der Waals surface area contributed by atoms with Crippen LogP contribution < -0.4 is 5.43 Å². The lowest BCUT2D eigenvalue weighted by Crippen LogP contribution is -2.19. The number of nitrogens with one attached hydrogen (secondary N) is 1. The van der Waals surface area contributed by atoms with Gasteiger partial charge in [-0.3, -0.25) is 4.79 Å². The normalized spacial score (nSPS) is 9.77. The lowest BCUT2D eigenvalue weighted by atomic mass is 10.2. The molecule has 0 saturated heterocycles. The molecule has 0 spiro atoms. The zero-order valence-corrected chi connectivity index (χ0v) is 8.77. The van der Waals surface area contributed by atoms with Gasteiger partial charge < -0.3 is 9.72 Å². The number of rotatable bonds is 1. The molecule has 1 aromatic heterocycles.